The molecule has 0 radical (unpaired) electrons. The van der Waals surface area contributed by atoms with Crippen molar-refractivity contribution in [3.8, 4) is 0 Å². The van der Waals surface area contributed by atoms with Crippen molar-refractivity contribution < 1.29 is 14.4 Å². The van der Waals surface area contributed by atoms with Crippen LogP contribution in [0.4, 0.5) is 0 Å². The fraction of sp³-hybridized carbons (Fsp3) is 1.00. The Bertz CT molecular complexity index is 188. The Labute approximate surface area is 92.5 Å². The Hall–Kier alpha value is 1.02. The zero-order valence-corrected chi connectivity index (χ0v) is 10.1. The topological polar surface area (TPSA) is 57.5 Å². The van der Waals surface area contributed by atoms with Gasteiger partial charge in [-0.2, -0.15) is 0 Å². The number of rotatable bonds is 6. The molecule has 0 spiro atoms. The van der Waals surface area contributed by atoms with E-state index in [0.717, 1.165) is 0 Å². The lowest BCUT2D eigenvalue weighted by molar-refractivity contribution is 0.324. The lowest BCUT2D eigenvalue weighted by Crippen LogP contribution is -2.32. The first-order valence-corrected chi connectivity index (χ1v) is 6.88. The van der Waals surface area contributed by atoms with E-state index in [1.165, 1.54) is 0 Å². The molecule has 0 fully saturated rings. The van der Waals surface area contributed by atoms with Gasteiger partial charge in [-0.3, -0.25) is 4.57 Å². The number of hydrogen-bond acceptors (Lipinski definition) is 1. The molecule has 0 aromatic rings. The van der Waals surface area contributed by atoms with Gasteiger partial charge in [-0.05, 0) is 12.8 Å². The summed E-state index contributed by atoms with van der Waals surface area (Å²) in [6, 6.07) is 0. The molecule has 7 heteroatoms. The van der Waals surface area contributed by atoms with E-state index in [4.69, 9.17) is 44.6 Å². The SMILES string of the molecule is O=P(O)(O)C(CCl)(CCCl)CCCl. The Morgan fingerprint density at radius 2 is 1.46 bits per heavy atom. The van der Waals surface area contributed by atoms with Crippen molar-refractivity contribution in [1.82, 2.24) is 0 Å². The van der Waals surface area contributed by atoms with Gasteiger partial charge in [-0.25, -0.2) is 0 Å². The molecule has 0 saturated heterocycles. The normalized spacial score (nSPS) is 13.3. The molecular weight excluding hydrogens is 257 g/mol. The van der Waals surface area contributed by atoms with Gasteiger partial charge in [0, 0.05) is 17.6 Å². The van der Waals surface area contributed by atoms with E-state index >= 15 is 0 Å². The van der Waals surface area contributed by atoms with E-state index in [0.29, 0.717) is 0 Å². The van der Waals surface area contributed by atoms with Crippen LogP contribution in [0.2, 0.25) is 0 Å². The average Bonchev–Trinajstić information content (AvgIpc) is 2.02. The van der Waals surface area contributed by atoms with Crippen LogP contribution in [0.3, 0.4) is 0 Å². The van der Waals surface area contributed by atoms with Gasteiger partial charge in [-0.1, -0.05) is 0 Å². The summed E-state index contributed by atoms with van der Waals surface area (Å²) in [4.78, 5) is 18.2. The van der Waals surface area contributed by atoms with E-state index in [-0.39, 0.29) is 30.5 Å². The number of alkyl halides is 3. The van der Waals surface area contributed by atoms with Crippen LogP contribution in [0.5, 0.6) is 0 Å². The fourth-order valence-corrected chi connectivity index (χ4v) is 3.66. The van der Waals surface area contributed by atoms with Crippen molar-refractivity contribution in [3.63, 3.8) is 0 Å². The van der Waals surface area contributed by atoms with Crippen LogP contribution in [-0.4, -0.2) is 32.6 Å². The maximum atomic E-state index is 11.2. The zero-order chi connectivity index (χ0) is 10.5. The largest absolute Gasteiger partial charge is 0.332 e. The number of hydrogen-bond donors (Lipinski definition) is 2. The predicted molar refractivity (Wildman–Crippen MR) is 56.2 cm³/mol. The molecule has 0 saturated carbocycles. The van der Waals surface area contributed by atoms with Gasteiger partial charge in [0.05, 0.1) is 5.16 Å². The molecule has 0 aromatic carbocycles. The van der Waals surface area contributed by atoms with Crippen LogP contribution >= 0.6 is 42.4 Å². The zero-order valence-electron chi connectivity index (χ0n) is 6.92. The quantitative estimate of drug-likeness (QED) is 0.575. The Morgan fingerprint density at radius 1 is 1.08 bits per heavy atom. The summed E-state index contributed by atoms with van der Waals surface area (Å²) in [5.41, 5.74) is 0. The highest BCUT2D eigenvalue weighted by Gasteiger charge is 2.44. The summed E-state index contributed by atoms with van der Waals surface area (Å²) in [7, 11) is -4.24. The number of halogens is 3. The van der Waals surface area contributed by atoms with E-state index < -0.39 is 12.8 Å². The molecule has 0 aromatic heterocycles. The second-order valence-corrected chi connectivity index (χ2v) is 5.84. The molecule has 0 unspecified atom stereocenters. The second kappa shape index (κ2) is 5.79. The first kappa shape index (κ1) is 14.0. The van der Waals surface area contributed by atoms with Gasteiger partial charge >= 0.3 is 7.60 Å². The van der Waals surface area contributed by atoms with Crippen molar-refractivity contribution in [3.05, 3.63) is 0 Å². The van der Waals surface area contributed by atoms with Crippen LogP contribution in [0.25, 0.3) is 0 Å². The molecule has 0 rings (SSSR count). The summed E-state index contributed by atoms with van der Waals surface area (Å²) in [6.45, 7) is 0. The van der Waals surface area contributed by atoms with Gasteiger partial charge < -0.3 is 9.79 Å². The van der Waals surface area contributed by atoms with Crippen molar-refractivity contribution in [2.75, 3.05) is 17.6 Å². The molecule has 2 N–H and O–H groups in total. The van der Waals surface area contributed by atoms with E-state index in [1.807, 2.05) is 0 Å². The minimum absolute atomic E-state index is 0.128. The Morgan fingerprint density at radius 3 is 1.62 bits per heavy atom. The lowest BCUT2D eigenvalue weighted by atomic mass is 10.1. The summed E-state index contributed by atoms with van der Waals surface area (Å²) in [5.74, 6) is 0.195. The third kappa shape index (κ3) is 3.58. The first-order valence-electron chi connectivity index (χ1n) is 3.67. The molecule has 0 aliphatic heterocycles. The smallest absolute Gasteiger partial charge is 0.324 e. The molecule has 0 atom stereocenters. The maximum Gasteiger partial charge on any atom is 0.332 e. The Balaban J connectivity index is 4.75. The molecule has 3 nitrogen and oxygen atoms in total. The first-order chi connectivity index (χ1) is 5.93. The van der Waals surface area contributed by atoms with Crippen molar-refractivity contribution >= 4 is 42.4 Å². The van der Waals surface area contributed by atoms with E-state index in [1.54, 1.807) is 0 Å². The summed E-state index contributed by atoms with van der Waals surface area (Å²) < 4.78 is 11.2. The van der Waals surface area contributed by atoms with Crippen molar-refractivity contribution in [2.45, 2.75) is 18.0 Å². The molecule has 0 amide bonds. The highest BCUT2D eigenvalue weighted by molar-refractivity contribution is 7.53. The molecule has 0 bridgehead atoms. The minimum atomic E-state index is -4.24. The minimum Gasteiger partial charge on any atom is -0.324 e. The second-order valence-electron chi connectivity index (χ2n) is 2.78. The van der Waals surface area contributed by atoms with E-state index in [9.17, 15) is 4.57 Å². The van der Waals surface area contributed by atoms with Gasteiger partial charge in [0.1, 0.15) is 0 Å². The highest BCUT2D eigenvalue weighted by atomic mass is 35.5. The van der Waals surface area contributed by atoms with Gasteiger partial charge in [0.15, 0.2) is 0 Å². The monoisotopic (exact) mass is 268 g/mol. The van der Waals surface area contributed by atoms with Gasteiger partial charge in [0.25, 0.3) is 0 Å². The average molecular weight is 269 g/mol. The molecule has 80 valence electrons. The molecular formula is C6H12Cl3O3P. The molecule has 0 heterocycles. The van der Waals surface area contributed by atoms with Crippen LogP contribution < -0.4 is 0 Å². The Kier molecular flexibility index (Phi) is 6.25. The van der Waals surface area contributed by atoms with E-state index in [2.05, 4.69) is 0 Å². The molecule has 0 aliphatic carbocycles. The third-order valence-electron chi connectivity index (χ3n) is 1.99. The third-order valence-corrected chi connectivity index (χ3v) is 4.90. The predicted octanol–water partition coefficient (Wildman–Crippen LogP) is 2.40. The summed E-state index contributed by atoms with van der Waals surface area (Å²) in [5, 5.41) is -1.25. The van der Waals surface area contributed by atoms with Gasteiger partial charge in [-0.15, -0.1) is 34.8 Å². The summed E-state index contributed by atoms with van der Waals surface area (Å²) in [6.07, 6.45) is 0.351. The maximum absolute atomic E-state index is 11.2. The van der Waals surface area contributed by atoms with Crippen LogP contribution in [0.15, 0.2) is 0 Å². The summed E-state index contributed by atoms with van der Waals surface area (Å²) >= 11 is 16.5. The molecule has 0 aliphatic rings. The lowest BCUT2D eigenvalue weighted by Gasteiger charge is -2.30. The highest BCUT2D eigenvalue weighted by Crippen LogP contribution is 2.55. The standard InChI is InChI=1S/C6H12Cl3O3P/c7-3-1-6(5-9,2-4-8)13(10,11)12/h1-5H2,(H2,10,11,12). The molecule has 13 heavy (non-hydrogen) atoms. The van der Waals surface area contributed by atoms with Crippen LogP contribution in [-0.2, 0) is 4.57 Å². The van der Waals surface area contributed by atoms with Crippen molar-refractivity contribution in [1.29, 1.82) is 0 Å². The van der Waals surface area contributed by atoms with Crippen LogP contribution in [0, 0.1) is 0 Å². The van der Waals surface area contributed by atoms with Crippen molar-refractivity contribution in [2.24, 2.45) is 0 Å². The van der Waals surface area contributed by atoms with Crippen LogP contribution in [0.1, 0.15) is 12.8 Å². The van der Waals surface area contributed by atoms with Gasteiger partial charge in [0.2, 0.25) is 0 Å². The fourth-order valence-electron chi connectivity index (χ4n) is 0.980.